The molecule has 0 amide bonds. The number of benzene rings is 1. The Bertz CT molecular complexity index is 585. The van der Waals surface area contributed by atoms with Gasteiger partial charge in [0.15, 0.2) is 0 Å². The predicted molar refractivity (Wildman–Crippen MR) is 81.8 cm³/mol. The van der Waals surface area contributed by atoms with Crippen LogP contribution in [0.25, 0.3) is 0 Å². The van der Waals surface area contributed by atoms with Gasteiger partial charge in [-0.2, -0.15) is 5.10 Å². The van der Waals surface area contributed by atoms with E-state index in [1.165, 1.54) is 5.56 Å². The highest BCUT2D eigenvalue weighted by atomic mass is 16.5. The number of hydrogen-bond acceptors (Lipinski definition) is 5. The summed E-state index contributed by atoms with van der Waals surface area (Å²) in [5.41, 5.74) is 3.23. The van der Waals surface area contributed by atoms with E-state index in [0.717, 1.165) is 23.4 Å². The molecule has 0 aliphatic rings. The van der Waals surface area contributed by atoms with Gasteiger partial charge in [-0.15, -0.1) is 5.10 Å². The lowest BCUT2D eigenvalue weighted by atomic mass is 10.0. The summed E-state index contributed by atoms with van der Waals surface area (Å²) in [5.74, 6) is 1.41. The third kappa shape index (κ3) is 3.70. The molecule has 5 nitrogen and oxygen atoms in total. The Balaban J connectivity index is 2.23. The van der Waals surface area contributed by atoms with Crippen LogP contribution in [-0.2, 0) is 6.42 Å². The number of rotatable bonds is 6. The molecule has 1 atom stereocenters. The van der Waals surface area contributed by atoms with Crippen molar-refractivity contribution in [2.45, 2.75) is 19.4 Å². The van der Waals surface area contributed by atoms with Crippen LogP contribution in [0.2, 0.25) is 0 Å². The zero-order chi connectivity index (χ0) is 15.2. The van der Waals surface area contributed by atoms with Gasteiger partial charge in [-0.05, 0) is 38.1 Å². The van der Waals surface area contributed by atoms with Crippen LogP contribution in [0.3, 0.4) is 0 Å². The van der Waals surface area contributed by atoms with E-state index in [1.54, 1.807) is 14.2 Å². The van der Waals surface area contributed by atoms with E-state index in [9.17, 15) is 0 Å². The quantitative estimate of drug-likeness (QED) is 0.883. The third-order valence-corrected chi connectivity index (χ3v) is 3.44. The van der Waals surface area contributed by atoms with Gasteiger partial charge >= 0.3 is 0 Å². The fourth-order valence-corrected chi connectivity index (χ4v) is 2.27. The van der Waals surface area contributed by atoms with E-state index < -0.39 is 0 Å². The van der Waals surface area contributed by atoms with Crippen molar-refractivity contribution in [3.8, 4) is 11.6 Å². The maximum absolute atomic E-state index is 5.43. The number of aryl methyl sites for hydroxylation is 1. The summed E-state index contributed by atoms with van der Waals surface area (Å²) in [6.07, 6.45) is 0.780. The fraction of sp³-hybridized carbons (Fsp3) is 0.375. The van der Waals surface area contributed by atoms with Gasteiger partial charge in [0.1, 0.15) is 5.75 Å². The van der Waals surface area contributed by atoms with Crippen molar-refractivity contribution in [1.82, 2.24) is 15.5 Å². The molecule has 2 aromatic rings. The average Bonchev–Trinajstić information content (AvgIpc) is 2.53. The van der Waals surface area contributed by atoms with E-state index in [4.69, 9.17) is 9.47 Å². The van der Waals surface area contributed by atoms with Gasteiger partial charge < -0.3 is 14.8 Å². The molecular formula is C16H21N3O2. The first-order valence-electron chi connectivity index (χ1n) is 6.86. The molecule has 2 rings (SSSR count). The lowest BCUT2D eigenvalue weighted by molar-refractivity contribution is 0.388. The van der Waals surface area contributed by atoms with Gasteiger partial charge in [-0.25, -0.2) is 0 Å². The molecule has 1 unspecified atom stereocenters. The number of nitrogens with one attached hydrogen (secondary N) is 1. The number of nitrogens with zero attached hydrogens (tertiary/aromatic N) is 2. The van der Waals surface area contributed by atoms with Gasteiger partial charge in [0, 0.05) is 6.07 Å². The monoisotopic (exact) mass is 287 g/mol. The van der Waals surface area contributed by atoms with Crippen LogP contribution >= 0.6 is 0 Å². The van der Waals surface area contributed by atoms with Crippen molar-refractivity contribution in [2.75, 3.05) is 21.3 Å². The van der Waals surface area contributed by atoms with Gasteiger partial charge in [0.05, 0.1) is 26.0 Å². The van der Waals surface area contributed by atoms with Crippen LogP contribution in [0.15, 0.2) is 30.3 Å². The SMILES string of the molecule is CNC(Cc1cc(C)ccc1OC)c1ccc(OC)nn1. The Morgan fingerprint density at radius 3 is 2.48 bits per heavy atom. The highest BCUT2D eigenvalue weighted by Gasteiger charge is 2.15. The second-order valence-corrected chi connectivity index (χ2v) is 4.86. The summed E-state index contributed by atoms with van der Waals surface area (Å²) in [5, 5.41) is 11.5. The molecule has 1 heterocycles. The molecule has 0 radical (unpaired) electrons. The molecule has 0 saturated heterocycles. The van der Waals surface area contributed by atoms with Crippen LogP contribution < -0.4 is 14.8 Å². The van der Waals surface area contributed by atoms with Crippen molar-refractivity contribution in [2.24, 2.45) is 0 Å². The van der Waals surface area contributed by atoms with Crippen molar-refractivity contribution in [3.63, 3.8) is 0 Å². The predicted octanol–water partition coefficient (Wildman–Crippen LogP) is 2.31. The molecule has 0 spiro atoms. The molecule has 0 fully saturated rings. The smallest absolute Gasteiger partial charge is 0.233 e. The molecular weight excluding hydrogens is 266 g/mol. The van der Waals surface area contributed by atoms with E-state index in [1.807, 2.05) is 31.3 Å². The first-order chi connectivity index (χ1) is 10.2. The molecule has 1 N–H and O–H groups in total. The van der Waals surface area contributed by atoms with Crippen LogP contribution in [0, 0.1) is 6.92 Å². The summed E-state index contributed by atoms with van der Waals surface area (Å²) in [4.78, 5) is 0. The summed E-state index contributed by atoms with van der Waals surface area (Å²) in [7, 11) is 5.19. The van der Waals surface area contributed by atoms with Crippen molar-refractivity contribution >= 4 is 0 Å². The normalized spacial score (nSPS) is 12.0. The van der Waals surface area contributed by atoms with E-state index >= 15 is 0 Å². The summed E-state index contributed by atoms with van der Waals surface area (Å²) in [6.45, 7) is 2.07. The minimum Gasteiger partial charge on any atom is -0.496 e. The maximum Gasteiger partial charge on any atom is 0.233 e. The molecule has 0 aliphatic carbocycles. The minimum atomic E-state index is 0.0686. The van der Waals surface area contributed by atoms with Gasteiger partial charge in [-0.1, -0.05) is 17.7 Å². The molecule has 1 aromatic carbocycles. The molecule has 0 bridgehead atoms. The molecule has 21 heavy (non-hydrogen) atoms. The van der Waals surface area contributed by atoms with Gasteiger partial charge in [0.2, 0.25) is 5.88 Å². The van der Waals surface area contributed by atoms with E-state index in [0.29, 0.717) is 5.88 Å². The second kappa shape index (κ2) is 7.04. The first-order valence-corrected chi connectivity index (χ1v) is 6.86. The molecule has 0 aliphatic heterocycles. The van der Waals surface area contributed by atoms with Crippen molar-refractivity contribution < 1.29 is 9.47 Å². The number of likely N-dealkylation sites (N-methyl/N-ethyl adjacent to an activating group) is 1. The van der Waals surface area contributed by atoms with Crippen LogP contribution in [0.4, 0.5) is 0 Å². The topological polar surface area (TPSA) is 56.3 Å². The number of aromatic nitrogens is 2. The Kier molecular flexibility index (Phi) is 5.11. The van der Waals surface area contributed by atoms with Crippen LogP contribution in [-0.4, -0.2) is 31.5 Å². The largest absolute Gasteiger partial charge is 0.496 e. The Morgan fingerprint density at radius 2 is 1.90 bits per heavy atom. The van der Waals surface area contributed by atoms with Crippen molar-refractivity contribution in [3.05, 3.63) is 47.2 Å². The number of ether oxygens (including phenoxy) is 2. The average molecular weight is 287 g/mol. The zero-order valence-corrected chi connectivity index (χ0v) is 12.9. The number of hydrogen-bond donors (Lipinski definition) is 1. The lowest BCUT2D eigenvalue weighted by Crippen LogP contribution is -2.20. The van der Waals surface area contributed by atoms with Gasteiger partial charge in [0.25, 0.3) is 0 Å². The molecule has 5 heteroatoms. The molecule has 0 saturated carbocycles. The zero-order valence-electron chi connectivity index (χ0n) is 12.9. The fourth-order valence-electron chi connectivity index (χ4n) is 2.27. The molecule has 112 valence electrons. The highest BCUT2D eigenvalue weighted by molar-refractivity contribution is 5.38. The first kappa shape index (κ1) is 15.3. The summed E-state index contributed by atoms with van der Waals surface area (Å²) >= 11 is 0. The van der Waals surface area contributed by atoms with E-state index in [2.05, 4.69) is 28.5 Å². The molecule has 1 aromatic heterocycles. The second-order valence-electron chi connectivity index (χ2n) is 4.86. The number of methoxy groups -OCH3 is 2. The minimum absolute atomic E-state index is 0.0686. The van der Waals surface area contributed by atoms with Crippen LogP contribution in [0.1, 0.15) is 22.9 Å². The Hall–Kier alpha value is -2.14. The highest BCUT2D eigenvalue weighted by Crippen LogP contribution is 2.25. The van der Waals surface area contributed by atoms with E-state index in [-0.39, 0.29) is 6.04 Å². The van der Waals surface area contributed by atoms with Gasteiger partial charge in [-0.3, -0.25) is 0 Å². The Morgan fingerprint density at radius 1 is 1.10 bits per heavy atom. The third-order valence-electron chi connectivity index (χ3n) is 3.44. The maximum atomic E-state index is 5.43. The standard InChI is InChI=1S/C16H21N3O2/c1-11-5-7-15(20-3)12(9-11)10-14(17-2)13-6-8-16(21-4)19-18-13/h5-9,14,17H,10H2,1-4H3. The Labute approximate surface area is 125 Å². The van der Waals surface area contributed by atoms with Crippen LogP contribution in [0.5, 0.6) is 11.6 Å². The summed E-state index contributed by atoms with van der Waals surface area (Å²) < 4.78 is 10.5. The summed E-state index contributed by atoms with van der Waals surface area (Å²) in [6, 6.07) is 10.00. The lowest BCUT2D eigenvalue weighted by Gasteiger charge is -2.17. The van der Waals surface area contributed by atoms with Crippen molar-refractivity contribution in [1.29, 1.82) is 0 Å².